The van der Waals surface area contributed by atoms with Gasteiger partial charge in [0.05, 0.1) is 22.2 Å². The molecule has 3 nitrogen and oxygen atoms in total. The molecular formula is C66H61N3. The molecule has 1 N–H and O–H groups in total. The lowest BCUT2D eigenvalue weighted by Crippen LogP contribution is -2.54. The molecule has 14 rings (SSSR count). The van der Waals surface area contributed by atoms with Gasteiger partial charge in [-0.25, -0.2) is 0 Å². The number of nitrogens with one attached hydrogen (secondary N) is 1. The van der Waals surface area contributed by atoms with E-state index in [1.54, 1.807) is 0 Å². The van der Waals surface area contributed by atoms with Gasteiger partial charge in [-0.1, -0.05) is 136 Å². The number of nitrogens with zero attached hydrogens (tertiary/aromatic N) is 2. The van der Waals surface area contributed by atoms with E-state index in [-0.39, 0.29) is 21.9 Å². The van der Waals surface area contributed by atoms with Crippen LogP contribution in [0.5, 0.6) is 0 Å². The molecule has 0 aromatic heterocycles. The molecule has 5 unspecified atom stereocenters. The van der Waals surface area contributed by atoms with Gasteiger partial charge >= 0.3 is 0 Å². The fourth-order valence-corrected chi connectivity index (χ4v) is 15.8. The molecule has 5 aliphatic carbocycles. The quantitative estimate of drug-likeness (QED) is 0.179. The summed E-state index contributed by atoms with van der Waals surface area (Å²) < 4.78 is 0. The van der Waals surface area contributed by atoms with Gasteiger partial charge in [0.2, 0.25) is 0 Å². The second-order valence-corrected chi connectivity index (χ2v) is 22.4. The van der Waals surface area contributed by atoms with Gasteiger partial charge in [-0.3, -0.25) is 0 Å². The number of allylic oxidation sites excluding steroid dienone is 4. The largest absolute Gasteiger partial charge is 0.388 e. The molecule has 0 bridgehead atoms. The minimum Gasteiger partial charge on any atom is -0.388 e. The summed E-state index contributed by atoms with van der Waals surface area (Å²) in [7, 11) is 2.04. The number of para-hydroxylation sites is 1. The Hall–Kier alpha value is -6.76. The Morgan fingerprint density at radius 2 is 1.26 bits per heavy atom. The molecule has 0 saturated heterocycles. The molecule has 7 aromatic rings. The molecule has 69 heavy (non-hydrogen) atoms. The molecule has 340 valence electrons. The molecule has 2 saturated carbocycles. The predicted molar refractivity (Wildman–Crippen MR) is 287 cm³/mol. The van der Waals surface area contributed by atoms with Crippen molar-refractivity contribution in [3.05, 3.63) is 208 Å². The standard InChI is InChI=1S/C66H61N3/c1-62-35-16-17-37-64(62,3)69(59-26-15-13-24-55(59)62)49-32-34-51-56(41-49)66(45-19-8-6-9-20-45,46-21-10-7-11-22-46)57-42-52(53-40-44-39-47(67-5)29-33-50(44)60(53)61(51)57)43-27-30-48(31-28-43)68-58-25-14-12-23-54(58)63(2)36-18-38-65(63,68)4/h6,8-10,12,14,19-34,39,41-42,67H,7,11,16-18,35-38,40H2,1-5H3. The van der Waals surface area contributed by atoms with Gasteiger partial charge in [0.15, 0.2) is 0 Å². The normalized spacial score (nSPS) is 27.3. The van der Waals surface area contributed by atoms with Crippen molar-refractivity contribution in [2.75, 3.05) is 22.2 Å². The Balaban J connectivity index is 1.02. The topological polar surface area (TPSA) is 18.5 Å². The first kappa shape index (κ1) is 41.2. The summed E-state index contributed by atoms with van der Waals surface area (Å²) in [4.78, 5) is 5.43. The second kappa shape index (κ2) is 14.4. The van der Waals surface area contributed by atoms with E-state index in [1.165, 1.54) is 139 Å². The molecule has 0 amide bonds. The van der Waals surface area contributed by atoms with E-state index in [4.69, 9.17) is 0 Å². The van der Waals surface area contributed by atoms with E-state index < -0.39 is 5.41 Å². The minimum atomic E-state index is -0.549. The van der Waals surface area contributed by atoms with Crippen LogP contribution in [0.25, 0.3) is 33.4 Å². The third-order valence-electron chi connectivity index (χ3n) is 19.5. The van der Waals surface area contributed by atoms with Crippen molar-refractivity contribution < 1.29 is 0 Å². The fourth-order valence-electron chi connectivity index (χ4n) is 15.8. The van der Waals surface area contributed by atoms with Crippen molar-refractivity contribution in [2.24, 2.45) is 0 Å². The van der Waals surface area contributed by atoms with Crippen LogP contribution in [0.15, 0.2) is 157 Å². The minimum absolute atomic E-state index is 0.0210. The summed E-state index contributed by atoms with van der Waals surface area (Å²) in [6.07, 6.45) is 18.9. The van der Waals surface area contributed by atoms with Crippen molar-refractivity contribution >= 4 is 28.4 Å². The van der Waals surface area contributed by atoms with E-state index in [0.29, 0.717) is 0 Å². The average Bonchev–Trinajstić information content (AvgIpc) is 4.11. The zero-order valence-electron chi connectivity index (χ0n) is 40.9. The van der Waals surface area contributed by atoms with Crippen molar-refractivity contribution in [3.8, 4) is 33.4 Å². The molecule has 5 atom stereocenters. The number of fused-ring (bicyclic) bond motifs is 13. The maximum Gasteiger partial charge on any atom is 0.0711 e. The SMILES string of the molecule is CNc1ccc2c(c1)Cc1c(-c3ccc(N4c5ccccc5C5(C)CCCC45C)cc3)cc3c(c1-2)-c1ccc(N2c4cc#ccc4C4(C)CCCCC24C)cc1C3(C1=CCCC=C1)c1ccccc1. The van der Waals surface area contributed by atoms with Crippen LogP contribution in [0.1, 0.15) is 124 Å². The lowest BCUT2D eigenvalue weighted by Gasteiger charge is -2.50. The third-order valence-corrected chi connectivity index (χ3v) is 19.5. The summed E-state index contributed by atoms with van der Waals surface area (Å²) in [5, 5.41) is 3.47. The fraction of sp³-hybridized carbons (Fsp3) is 0.303. The first-order chi connectivity index (χ1) is 33.6. The molecule has 2 aliphatic heterocycles. The first-order valence-electron chi connectivity index (χ1n) is 26.0. The number of hydrogen-bond donors (Lipinski definition) is 1. The Morgan fingerprint density at radius 1 is 0.551 bits per heavy atom. The van der Waals surface area contributed by atoms with Gasteiger partial charge in [-0.15, -0.1) is 0 Å². The van der Waals surface area contributed by atoms with Crippen LogP contribution in [0.2, 0.25) is 0 Å². The molecule has 7 aromatic carbocycles. The highest BCUT2D eigenvalue weighted by Crippen LogP contribution is 2.66. The highest BCUT2D eigenvalue weighted by atomic mass is 15.3. The Bertz CT molecular complexity index is 3360. The van der Waals surface area contributed by atoms with E-state index in [0.717, 1.165) is 31.4 Å². The van der Waals surface area contributed by atoms with Crippen molar-refractivity contribution in [2.45, 2.75) is 119 Å². The molecule has 2 heterocycles. The zero-order valence-corrected chi connectivity index (χ0v) is 40.9. The van der Waals surface area contributed by atoms with Crippen LogP contribution in [0.3, 0.4) is 0 Å². The van der Waals surface area contributed by atoms with Crippen LogP contribution in [0, 0.1) is 12.1 Å². The van der Waals surface area contributed by atoms with Gasteiger partial charge in [0.25, 0.3) is 0 Å². The summed E-state index contributed by atoms with van der Waals surface area (Å²) >= 11 is 0. The summed E-state index contributed by atoms with van der Waals surface area (Å²) in [6, 6.07) is 59.1. The van der Waals surface area contributed by atoms with E-state index in [1.807, 2.05) is 7.05 Å². The van der Waals surface area contributed by atoms with Gasteiger partial charge in [-0.2, -0.15) is 0 Å². The van der Waals surface area contributed by atoms with E-state index in [9.17, 15) is 0 Å². The summed E-state index contributed by atoms with van der Waals surface area (Å²) in [5.41, 5.74) is 25.3. The number of rotatable bonds is 6. The van der Waals surface area contributed by atoms with E-state index >= 15 is 0 Å². The smallest absolute Gasteiger partial charge is 0.0711 e. The molecule has 0 radical (unpaired) electrons. The maximum atomic E-state index is 3.47. The van der Waals surface area contributed by atoms with Gasteiger partial charge in [-0.05, 0) is 191 Å². The Labute approximate surface area is 409 Å². The van der Waals surface area contributed by atoms with Crippen molar-refractivity contribution in [3.63, 3.8) is 0 Å². The summed E-state index contributed by atoms with van der Waals surface area (Å²) in [5.74, 6) is 0. The number of anilines is 5. The second-order valence-electron chi connectivity index (χ2n) is 22.4. The van der Waals surface area contributed by atoms with Crippen LogP contribution in [0.4, 0.5) is 28.4 Å². The summed E-state index contributed by atoms with van der Waals surface area (Å²) in [6.45, 7) is 10.1. The van der Waals surface area contributed by atoms with Crippen molar-refractivity contribution in [1.29, 1.82) is 0 Å². The average molecular weight is 896 g/mol. The lowest BCUT2D eigenvalue weighted by atomic mass is 9.61. The molecule has 3 heteroatoms. The van der Waals surface area contributed by atoms with Crippen LogP contribution < -0.4 is 15.1 Å². The lowest BCUT2D eigenvalue weighted by molar-refractivity contribution is 0.195. The van der Waals surface area contributed by atoms with Gasteiger partial charge in [0, 0.05) is 46.7 Å². The molecule has 2 fully saturated rings. The highest BCUT2D eigenvalue weighted by Gasteiger charge is 2.60. The maximum absolute atomic E-state index is 3.47. The highest BCUT2D eigenvalue weighted by molar-refractivity contribution is 6.03. The molecular weight excluding hydrogens is 835 g/mol. The Kier molecular flexibility index (Phi) is 8.60. The monoisotopic (exact) mass is 895 g/mol. The van der Waals surface area contributed by atoms with Crippen LogP contribution in [-0.2, 0) is 22.7 Å². The first-order valence-corrected chi connectivity index (χ1v) is 26.0. The number of hydrogen-bond acceptors (Lipinski definition) is 3. The van der Waals surface area contributed by atoms with Crippen LogP contribution in [-0.4, -0.2) is 18.1 Å². The molecule has 0 spiro atoms. The van der Waals surface area contributed by atoms with Gasteiger partial charge in [0.1, 0.15) is 0 Å². The predicted octanol–water partition coefficient (Wildman–Crippen LogP) is 16.3. The van der Waals surface area contributed by atoms with Crippen molar-refractivity contribution in [1.82, 2.24) is 0 Å². The number of benzene rings is 6. The van der Waals surface area contributed by atoms with Gasteiger partial charge < -0.3 is 15.1 Å². The molecule has 7 aliphatic rings. The van der Waals surface area contributed by atoms with Crippen LogP contribution >= 0.6 is 0 Å². The Morgan fingerprint density at radius 3 is 2.07 bits per heavy atom. The zero-order chi connectivity index (χ0) is 46.5. The third kappa shape index (κ3) is 5.15. The van der Waals surface area contributed by atoms with E-state index in [2.05, 4.69) is 207 Å².